The van der Waals surface area contributed by atoms with Gasteiger partial charge in [0.05, 0.1) is 6.54 Å². The number of aliphatic carboxylic acids is 1. The molecular formula is C13H14ClNO4. The first kappa shape index (κ1) is 13.7. The summed E-state index contributed by atoms with van der Waals surface area (Å²) in [6.45, 7) is 0.530. The molecule has 6 heteroatoms. The number of rotatable bonds is 6. The Labute approximate surface area is 115 Å². The van der Waals surface area contributed by atoms with Crippen LogP contribution >= 0.6 is 11.6 Å². The lowest BCUT2D eigenvalue weighted by atomic mass is 10.1. The molecule has 19 heavy (non-hydrogen) atoms. The largest absolute Gasteiger partial charge is 0.492 e. The molecule has 1 fully saturated rings. The minimum atomic E-state index is -1.20. The van der Waals surface area contributed by atoms with E-state index in [1.807, 2.05) is 0 Å². The highest BCUT2D eigenvalue weighted by molar-refractivity contribution is 6.30. The van der Waals surface area contributed by atoms with E-state index in [-0.39, 0.29) is 13.2 Å². The van der Waals surface area contributed by atoms with Crippen LogP contribution in [-0.4, -0.2) is 30.1 Å². The van der Waals surface area contributed by atoms with Gasteiger partial charge in [0.2, 0.25) is 5.91 Å². The molecule has 102 valence electrons. The van der Waals surface area contributed by atoms with E-state index < -0.39 is 17.3 Å². The van der Waals surface area contributed by atoms with Crippen LogP contribution in [0.25, 0.3) is 0 Å². The van der Waals surface area contributed by atoms with Gasteiger partial charge in [-0.25, -0.2) is 0 Å². The first-order valence-corrected chi connectivity index (χ1v) is 6.32. The summed E-state index contributed by atoms with van der Waals surface area (Å²) >= 11 is 5.80. The van der Waals surface area contributed by atoms with Gasteiger partial charge in [-0.15, -0.1) is 0 Å². The third-order valence-electron chi connectivity index (χ3n) is 3.05. The van der Waals surface area contributed by atoms with E-state index in [1.165, 1.54) is 0 Å². The van der Waals surface area contributed by atoms with Crippen molar-refractivity contribution in [2.75, 3.05) is 13.2 Å². The van der Waals surface area contributed by atoms with E-state index in [4.69, 9.17) is 21.4 Å². The number of halogens is 1. The van der Waals surface area contributed by atoms with Gasteiger partial charge in [-0.2, -0.15) is 0 Å². The second-order valence-electron chi connectivity index (χ2n) is 4.45. The van der Waals surface area contributed by atoms with Gasteiger partial charge in [0, 0.05) is 5.02 Å². The molecule has 1 amide bonds. The maximum absolute atomic E-state index is 11.7. The molecule has 0 aromatic heterocycles. The number of carbonyl (C=O) groups excluding carboxylic acids is 1. The molecule has 0 radical (unpaired) electrons. The molecule has 1 aromatic carbocycles. The summed E-state index contributed by atoms with van der Waals surface area (Å²) in [6, 6.07) is 6.93. The quantitative estimate of drug-likeness (QED) is 0.615. The molecule has 0 unspecified atom stereocenters. The minimum absolute atomic E-state index is 0.264. The van der Waals surface area contributed by atoms with E-state index in [9.17, 15) is 9.59 Å². The van der Waals surface area contributed by atoms with Gasteiger partial charge in [0.1, 0.15) is 17.8 Å². The third-order valence-corrected chi connectivity index (χ3v) is 3.28. The van der Waals surface area contributed by atoms with Gasteiger partial charge in [-0.3, -0.25) is 9.59 Å². The zero-order valence-corrected chi connectivity index (χ0v) is 10.9. The van der Waals surface area contributed by atoms with Crippen molar-refractivity contribution in [1.29, 1.82) is 0 Å². The predicted molar refractivity (Wildman–Crippen MR) is 69.3 cm³/mol. The number of carboxylic acids is 1. The van der Waals surface area contributed by atoms with Crippen molar-refractivity contribution in [1.82, 2.24) is 5.32 Å². The maximum Gasteiger partial charge on any atom is 0.319 e. The van der Waals surface area contributed by atoms with Crippen LogP contribution in [-0.2, 0) is 9.59 Å². The van der Waals surface area contributed by atoms with E-state index >= 15 is 0 Å². The topological polar surface area (TPSA) is 75.6 Å². The van der Waals surface area contributed by atoms with Crippen LogP contribution in [0.15, 0.2) is 24.3 Å². The molecule has 1 aliphatic carbocycles. The lowest BCUT2D eigenvalue weighted by Crippen LogP contribution is -2.38. The number of nitrogens with one attached hydrogen (secondary N) is 1. The van der Waals surface area contributed by atoms with Crippen molar-refractivity contribution in [3.05, 3.63) is 29.3 Å². The molecule has 0 bridgehead atoms. The summed E-state index contributed by atoms with van der Waals surface area (Å²) in [5.41, 5.74) is -1.20. The molecule has 2 rings (SSSR count). The first-order chi connectivity index (χ1) is 9.04. The van der Waals surface area contributed by atoms with Gasteiger partial charge < -0.3 is 15.2 Å². The van der Waals surface area contributed by atoms with Crippen molar-refractivity contribution in [2.45, 2.75) is 12.8 Å². The Morgan fingerprint density at radius 1 is 1.42 bits per heavy atom. The molecule has 5 nitrogen and oxygen atoms in total. The summed E-state index contributed by atoms with van der Waals surface area (Å²) in [5.74, 6) is -0.878. The van der Waals surface area contributed by atoms with Gasteiger partial charge in [-0.05, 0) is 31.0 Å². The van der Waals surface area contributed by atoms with Crippen LogP contribution < -0.4 is 10.1 Å². The fourth-order valence-electron chi connectivity index (χ4n) is 1.72. The molecule has 2 N–H and O–H groups in total. The standard InChI is InChI=1S/C13H14ClNO4/c14-9-2-1-3-10(8-9)19-7-6-15-11(16)13(4-5-13)12(17)18/h1-3,8H,4-7H2,(H,15,16)(H,17,18). The van der Waals surface area contributed by atoms with Crippen LogP contribution in [0.4, 0.5) is 0 Å². The number of hydrogen-bond donors (Lipinski definition) is 2. The molecule has 0 saturated heterocycles. The lowest BCUT2D eigenvalue weighted by Gasteiger charge is -2.11. The summed E-state index contributed by atoms with van der Waals surface area (Å²) < 4.78 is 5.38. The molecule has 0 heterocycles. The highest BCUT2D eigenvalue weighted by Crippen LogP contribution is 2.45. The third kappa shape index (κ3) is 3.17. The highest BCUT2D eigenvalue weighted by Gasteiger charge is 2.56. The monoisotopic (exact) mass is 283 g/mol. The first-order valence-electron chi connectivity index (χ1n) is 5.95. The Kier molecular flexibility index (Phi) is 3.95. The Morgan fingerprint density at radius 2 is 2.16 bits per heavy atom. The molecule has 1 aliphatic rings. The molecule has 0 spiro atoms. The number of hydrogen-bond acceptors (Lipinski definition) is 3. The van der Waals surface area contributed by atoms with Gasteiger partial charge in [-0.1, -0.05) is 17.7 Å². The van der Waals surface area contributed by atoms with Crippen LogP contribution in [0.3, 0.4) is 0 Å². The zero-order chi connectivity index (χ0) is 13.9. The number of carbonyl (C=O) groups is 2. The van der Waals surface area contributed by atoms with Crippen LogP contribution in [0.2, 0.25) is 5.02 Å². The van der Waals surface area contributed by atoms with Crippen molar-refractivity contribution in [2.24, 2.45) is 5.41 Å². The van der Waals surface area contributed by atoms with Crippen molar-refractivity contribution < 1.29 is 19.4 Å². The Balaban J connectivity index is 1.73. The Hall–Kier alpha value is -1.75. The highest BCUT2D eigenvalue weighted by atomic mass is 35.5. The van der Waals surface area contributed by atoms with Gasteiger partial charge in [0.25, 0.3) is 0 Å². The van der Waals surface area contributed by atoms with Crippen LogP contribution in [0, 0.1) is 5.41 Å². The Morgan fingerprint density at radius 3 is 2.74 bits per heavy atom. The molecule has 1 aromatic rings. The van der Waals surface area contributed by atoms with E-state index in [0.717, 1.165) is 0 Å². The smallest absolute Gasteiger partial charge is 0.319 e. The number of amides is 1. The normalized spacial score (nSPS) is 15.6. The second kappa shape index (κ2) is 5.48. The van der Waals surface area contributed by atoms with E-state index in [1.54, 1.807) is 24.3 Å². The summed E-state index contributed by atoms with van der Waals surface area (Å²) in [5, 5.41) is 12.1. The fourth-order valence-corrected chi connectivity index (χ4v) is 1.90. The fraction of sp³-hybridized carbons (Fsp3) is 0.385. The maximum atomic E-state index is 11.7. The van der Waals surface area contributed by atoms with Crippen molar-refractivity contribution >= 4 is 23.5 Å². The molecular weight excluding hydrogens is 270 g/mol. The van der Waals surface area contributed by atoms with Crippen molar-refractivity contribution in [3.8, 4) is 5.75 Å². The predicted octanol–water partition coefficient (Wildman–Crippen LogP) is 1.70. The summed E-state index contributed by atoms with van der Waals surface area (Å²) in [6.07, 6.45) is 0.812. The van der Waals surface area contributed by atoms with E-state index in [2.05, 4.69) is 5.32 Å². The van der Waals surface area contributed by atoms with E-state index in [0.29, 0.717) is 23.6 Å². The summed E-state index contributed by atoms with van der Waals surface area (Å²) in [7, 11) is 0. The average Bonchev–Trinajstić information content (AvgIpc) is 3.16. The summed E-state index contributed by atoms with van der Waals surface area (Å²) in [4.78, 5) is 22.6. The number of ether oxygens (including phenoxy) is 1. The average molecular weight is 284 g/mol. The minimum Gasteiger partial charge on any atom is -0.492 e. The number of carboxylic acid groups (broad SMARTS) is 1. The molecule has 1 saturated carbocycles. The van der Waals surface area contributed by atoms with Gasteiger partial charge in [0.15, 0.2) is 0 Å². The zero-order valence-electron chi connectivity index (χ0n) is 10.2. The number of benzene rings is 1. The lowest BCUT2D eigenvalue weighted by molar-refractivity contribution is -0.149. The molecule has 0 aliphatic heterocycles. The van der Waals surface area contributed by atoms with Crippen molar-refractivity contribution in [3.63, 3.8) is 0 Å². The van der Waals surface area contributed by atoms with Crippen LogP contribution in [0.5, 0.6) is 5.75 Å². The Bertz CT molecular complexity index is 499. The second-order valence-corrected chi connectivity index (χ2v) is 4.89. The van der Waals surface area contributed by atoms with Crippen LogP contribution in [0.1, 0.15) is 12.8 Å². The van der Waals surface area contributed by atoms with Gasteiger partial charge >= 0.3 is 5.97 Å². The molecule has 0 atom stereocenters. The SMILES string of the molecule is O=C(O)C1(C(=O)NCCOc2cccc(Cl)c2)CC1.